The highest BCUT2D eigenvalue weighted by Gasteiger charge is 2.12. The van der Waals surface area contributed by atoms with Gasteiger partial charge in [0.2, 0.25) is 0 Å². The van der Waals surface area contributed by atoms with Crippen LogP contribution in [0.2, 0.25) is 0 Å². The number of ether oxygens (including phenoxy) is 1. The molecule has 1 saturated heterocycles. The van der Waals surface area contributed by atoms with Gasteiger partial charge in [-0.05, 0) is 55.7 Å². The lowest BCUT2D eigenvalue weighted by Crippen LogP contribution is -2.35. The van der Waals surface area contributed by atoms with Gasteiger partial charge in [0.15, 0.2) is 0 Å². The summed E-state index contributed by atoms with van der Waals surface area (Å²) in [6, 6.07) is 21.6. The Balaban J connectivity index is 1.38. The molecule has 0 bridgehead atoms. The lowest BCUT2D eigenvalue weighted by atomic mass is 9.97. The standard InChI is InChI=1S/C26H24BrN3O/c27-25-24-16-29-10-9-22(24)15-23(26(25)28)21-7-5-20(6-8-21)19-3-1-18(2-4-19)17-30-11-13-31-14-12-30/h1-10,15-16H,11-14,17,28H2. The van der Waals surface area contributed by atoms with Gasteiger partial charge in [-0.2, -0.15) is 0 Å². The second-order valence-corrected chi connectivity index (χ2v) is 8.70. The maximum Gasteiger partial charge on any atom is 0.0594 e. The molecule has 1 aromatic heterocycles. The van der Waals surface area contributed by atoms with Crippen molar-refractivity contribution in [2.75, 3.05) is 32.0 Å². The van der Waals surface area contributed by atoms with E-state index in [2.05, 4.69) is 80.4 Å². The van der Waals surface area contributed by atoms with Crippen molar-refractivity contribution in [3.05, 3.63) is 83.1 Å². The van der Waals surface area contributed by atoms with Crippen molar-refractivity contribution in [3.63, 3.8) is 0 Å². The molecule has 3 aromatic carbocycles. The molecule has 0 spiro atoms. The Kier molecular flexibility index (Phi) is 5.72. The average molecular weight is 474 g/mol. The van der Waals surface area contributed by atoms with Crippen molar-refractivity contribution in [2.24, 2.45) is 0 Å². The number of pyridine rings is 1. The summed E-state index contributed by atoms with van der Waals surface area (Å²) >= 11 is 3.65. The summed E-state index contributed by atoms with van der Waals surface area (Å²) in [6.45, 7) is 4.66. The van der Waals surface area contributed by atoms with Gasteiger partial charge in [0, 0.05) is 43.0 Å². The van der Waals surface area contributed by atoms with E-state index in [0.29, 0.717) is 0 Å². The first-order chi connectivity index (χ1) is 15.2. The summed E-state index contributed by atoms with van der Waals surface area (Å²) in [4.78, 5) is 6.65. The molecule has 0 saturated carbocycles. The van der Waals surface area contributed by atoms with E-state index in [1.54, 1.807) is 6.20 Å². The number of hydrogen-bond donors (Lipinski definition) is 1. The van der Waals surface area contributed by atoms with Crippen LogP contribution in [0.25, 0.3) is 33.0 Å². The minimum absolute atomic E-state index is 0.737. The highest BCUT2D eigenvalue weighted by Crippen LogP contribution is 2.38. The van der Waals surface area contributed by atoms with Gasteiger partial charge >= 0.3 is 0 Å². The van der Waals surface area contributed by atoms with Crippen molar-refractivity contribution in [1.29, 1.82) is 0 Å². The fourth-order valence-corrected chi connectivity index (χ4v) is 4.66. The van der Waals surface area contributed by atoms with Crippen molar-refractivity contribution in [1.82, 2.24) is 9.88 Å². The molecule has 31 heavy (non-hydrogen) atoms. The van der Waals surface area contributed by atoms with Crippen LogP contribution in [-0.2, 0) is 11.3 Å². The number of nitrogens with two attached hydrogens (primary N) is 1. The van der Waals surface area contributed by atoms with Crippen LogP contribution < -0.4 is 5.73 Å². The third-order valence-corrected chi connectivity index (χ3v) is 6.77. The molecule has 5 rings (SSSR count). The summed E-state index contributed by atoms with van der Waals surface area (Å²) in [5.41, 5.74) is 13.1. The molecule has 0 radical (unpaired) electrons. The molecule has 1 aliphatic rings. The zero-order chi connectivity index (χ0) is 21.2. The maximum atomic E-state index is 6.44. The first kappa shape index (κ1) is 20.2. The van der Waals surface area contributed by atoms with Gasteiger partial charge in [0.1, 0.15) is 0 Å². The maximum absolute atomic E-state index is 6.44. The highest BCUT2D eigenvalue weighted by atomic mass is 79.9. The molecular weight excluding hydrogens is 450 g/mol. The normalized spacial score (nSPS) is 14.7. The second-order valence-electron chi connectivity index (χ2n) is 7.91. The zero-order valence-electron chi connectivity index (χ0n) is 17.2. The molecular formula is C26H24BrN3O. The SMILES string of the molecule is Nc1c(-c2ccc(-c3ccc(CN4CCOCC4)cc3)cc2)cc2ccncc2c1Br. The molecule has 0 atom stereocenters. The van der Waals surface area contributed by atoms with Gasteiger partial charge in [-0.15, -0.1) is 0 Å². The van der Waals surface area contributed by atoms with E-state index < -0.39 is 0 Å². The van der Waals surface area contributed by atoms with Gasteiger partial charge < -0.3 is 10.5 Å². The van der Waals surface area contributed by atoms with Crippen LogP contribution in [0.4, 0.5) is 5.69 Å². The minimum atomic E-state index is 0.737. The summed E-state index contributed by atoms with van der Waals surface area (Å²) in [6.07, 6.45) is 3.64. The smallest absolute Gasteiger partial charge is 0.0594 e. The van der Waals surface area contributed by atoms with Gasteiger partial charge in [-0.3, -0.25) is 9.88 Å². The number of nitrogens with zero attached hydrogens (tertiary/aromatic N) is 2. The zero-order valence-corrected chi connectivity index (χ0v) is 18.8. The summed E-state index contributed by atoms with van der Waals surface area (Å²) in [5.74, 6) is 0. The molecule has 0 amide bonds. The molecule has 0 unspecified atom stereocenters. The number of morpholine rings is 1. The van der Waals surface area contributed by atoms with Gasteiger partial charge in [0.25, 0.3) is 0 Å². The molecule has 2 heterocycles. The van der Waals surface area contributed by atoms with Crippen molar-refractivity contribution >= 4 is 32.4 Å². The van der Waals surface area contributed by atoms with E-state index in [4.69, 9.17) is 10.5 Å². The van der Waals surface area contributed by atoms with Crippen LogP contribution >= 0.6 is 15.9 Å². The molecule has 156 valence electrons. The molecule has 4 aromatic rings. The Morgan fingerprint density at radius 2 is 1.55 bits per heavy atom. The Morgan fingerprint density at radius 3 is 2.26 bits per heavy atom. The highest BCUT2D eigenvalue weighted by molar-refractivity contribution is 9.10. The number of benzene rings is 3. The third kappa shape index (κ3) is 4.22. The lowest BCUT2D eigenvalue weighted by molar-refractivity contribution is 0.0342. The Morgan fingerprint density at radius 1 is 0.903 bits per heavy atom. The fourth-order valence-electron chi connectivity index (χ4n) is 4.11. The van der Waals surface area contributed by atoms with E-state index in [0.717, 1.165) is 64.9 Å². The Labute approximate surface area is 190 Å². The van der Waals surface area contributed by atoms with Crippen LogP contribution in [0.3, 0.4) is 0 Å². The molecule has 4 nitrogen and oxygen atoms in total. The monoisotopic (exact) mass is 473 g/mol. The average Bonchev–Trinajstić information content (AvgIpc) is 2.83. The molecule has 0 aliphatic carbocycles. The van der Waals surface area contributed by atoms with Crippen LogP contribution in [0.5, 0.6) is 0 Å². The van der Waals surface area contributed by atoms with Crippen LogP contribution in [-0.4, -0.2) is 36.2 Å². The topological polar surface area (TPSA) is 51.4 Å². The summed E-state index contributed by atoms with van der Waals surface area (Å²) < 4.78 is 6.33. The largest absolute Gasteiger partial charge is 0.397 e. The third-order valence-electron chi connectivity index (χ3n) is 5.91. The van der Waals surface area contributed by atoms with Crippen LogP contribution in [0.15, 0.2) is 77.5 Å². The first-order valence-electron chi connectivity index (χ1n) is 10.5. The van der Waals surface area contributed by atoms with Gasteiger partial charge in [-0.25, -0.2) is 0 Å². The summed E-state index contributed by atoms with van der Waals surface area (Å²) in [5, 5.41) is 2.14. The minimum Gasteiger partial charge on any atom is -0.397 e. The number of hydrogen-bond acceptors (Lipinski definition) is 4. The molecule has 1 fully saturated rings. The van der Waals surface area contributed by atoms with E-state index in [1.165, 1.54) is 16.7 Å². The number of anilines is 1. The molecule has 1 aliphatic heterocycles. The fraction of sp³-hybridized carbons (Fsp3) is 0.192. The predicted molar refractivity (Wildman–Crippen MR) is 131 cm³/mol. The second kappa shape index (κ2) is 8.79. The van der Waals surface area contributed by atoms with Crippen LogP contribution in [0, 0.1) is 0 Å². The Hall–Kier alpha value is -2.73. The number of halogens is 1. The number of rotatable bonds is 4. The van der Waals surface area contributed by atoms with E-state index >= 15 is 0 Å². The van der Waals surface area contributed by atoms with Crippen molar-refractivity contribution < 1.29 is 4.74 Å². The lowest BCUT2D eigenvalue weighted by Gasteiger charge is -2.26. The first-order valence-corrected chi connectivity index (χ1v) is 11.3. The number of nitrogen functional groups attached to an aromatic ring is 1. The molecule has 5 heteroatoms. The van der Waals surface area contributed by atoms with E-state index in [9.17, 15) is 0 Å². The number of fused-ring (bicyclic) bond motifs is 1. The Bertz CT molecular complexity index is 1200. The summed E-state index contributed by atoms with van der Waals surface area (Å²) in [7, 11) is 0. The van der Waals surface area contributed by atoms with Crippen molar-refractivity contribution in [3.8, 4) is 22.3 Å². The predicted octanol–water partition coefficient (Wildman–Crippen LogP) is 5.75. The van der Waals surface area contributed by atoms with E-state index in [-0.39, 0.29) is 0 Å². The quantitative estimate of drug-likeness (QED) is 0.383. The molecule has 2 N–H and O–H groups in total. The van der Waals surface area contributed by atoms with Crippen LogP contribution in [0.1, 0.15) is 5.56 Å². The number of aromatic nitrogens is 1. The van der Waals surface area contributed by atoms with E-state index in [1.807, 2.05) is 12.3 Å². The van der Waals surface area contributed by atoms with Gasteiger partial charge in [0.05, 0.1) is 23.4 Å². The van der Waals surface area contributed by atoms with Gasteiger partial charge in [-0.1, -0.05) is 48.5 Å². The van der Waals surface area contributed by atoms with Crippen molar-refractivity contribution in [2.45, 2.75) is 6.54 Å².